The van der Waals surface area contributed by atoms with Crippen molar-refractivity contribution in [2.24, 2.45) is 4.99 Å². The molecule has 0 aliphatic heterocycles. The summed E-state index contributed by atoms with van der Waals surface area (Å²) in [5.74, 6) is 1.68. The summed E-state index contributed by atoms with van der Waals surface area (Å²) in [4.78, 5) is 10.3. The van der Waals surface area contributed by atoms with Gasteiger partial charge in [0, 0.05) is 37.0 Å². The van der Waals surface area contributed by atoms with Gasteiger partial charge in [-0.25, -0.2) is 4.98 Å². The van der Waals surface area contributed by atoms with E-state index in [2.05, 4.69) is 53.5 Å². The second-order valence-electron chi connectivity index (χ2n) is 5.88. The molecule has 0 unspecified atom stereocenters. The number of methoxy groups -OCH3 is 1. The molecule has 2 aromatic rings. The number of guanidine groups is 1. The number of hydrogen-bond donors (Lipinski definition) is 2. The monoisotopic (exact) mass is 360 g/mol. The van der Waals surface area contributed by atoms with Crippen molar-refractivity contribution in [3.8, 4) is 5.75 Å². The van der Waals surface area contributed by atoms with E-state index in [0.29, 0.717) is 6.54 Å². The van der Waals surface area contributed by atoms with E-state index in [0.717, 1.165) is 36.7 Å². The summed E-state index contributed by atoms with van der Waals surface area (Å²) in [6.45, 7) is 7.82. The Hall–Kier alpha value is -2.08. The Balaban J connectivity index is 1.84. The lowest BCUT2D eigenvalue weighted by Crippen LogP contribution is -2.37. The molecule has 0 saturated carbocycles. The van der Waals surface area contributed by atoms with Crippen molar-refractivity contribution in [2.45, 2.75) is 40.2 Å². The number of hydrogen-bond acceptors (Lipinski definition) is 4. The number of thiazole rings is 1. The molecule has 136 valence electrons. The number of nitrogens with one attached hydrogen (secondary N) is 2. The number of nitrogens with zero attached hydrogens (tertiary/aromatic N) is 2. The van der Waals surface area contributed by atoms with Gasteiger partial charge in [-0.1, -0.05) is 19.1 Å². The van der Waals surface area contributed by atoms with E-state index in [4.69, 9.17) is 4.74 Å². The summed E-state index contributed by atoms with van der Waals surface area (Å²) in [5, 5.41) is 7.86. The highest BCUT2D eigenvalue weighted by Gasteiger charge is 2.07. The topological polar surface area (TPSA) is 58.5 Å². The average molecular weight is 361 g/mol. The number of aromatic nitrogens is 1. The van der Waals surface area contributed by atoms with Crippen LogP contribution in [0, 0.1) is 13.8 Å². The van der Waals surface area contributed by atoms with Crippen molar-refractivity contribution in [2.75, 3.05) is 20.7 Å². The first-order chi connectivity index (χ1) is 12.1. The van der Waals surface area contributed by atoms with Crippen molar-refractivity contribution in [3.63, 3.8) is 0 Å². The molecule has 5 nitrogen and oxygen atoms in total. The fraction of sp³-hybridized carbons (Fsp3) is 0.474. The molecule has 2 N–H and O–H groups in total. The molecule has 25 heavy (non-hydrogen) atoms. The van der Waals surface area contributed by atoms with Gasteiger partial charge in [-0.2, -0.15) is 0 Å². The molecular formula is C19H28N4OS. The van der Waals surface area contributed by atoms with Crippen LogP contribution >= 0.6 is 11.3 Å². The van der Waals surface area contributed by atoms with Gasteiger partial charge >= 0.3 is 0 Å². The van der Waals surface area contributed by atoms with E-state index in [1.54, 1.807) is 25.5 Å². The van der Waals surface area contributed by atoms with Crippen molar-refractivity contribution in [3.05, 3.63) is 44.9 Å². The highest BCUT2D eigenvalue weighted by atomic mass is 32.1. The maximum absolute atomic E-state index is 5.45. The van der Waals surface area contributed by atoms with Crippen LogP contribution in [0.4, 0.5) is 0 Å². The fourth-order valence-corrected chi connectivity index (χ4v) is 3.63. The number of benzene rings is 1. The normalized spacial score (nSPS) is 11.5. The van der Waals surface area contributed by atoms with Gasteiger partial charge in [0.15, 0.2) is 5.96 Å². The molecule has 0 aliphatic carbocycles. The number of aliphatic imine (C=N–C) groups is 1. The van der Waals surface area contributed by atoms with Gasteiger partial charge in [-0.15, -0.1) is 11.3 Å². The third-order valence-electron chi connectivity index (χ3n) is 4.02. The van der Waals surface area contributed by atoms with Gasteiger partial charge in [0.2, 0.25) is 0 Å². The van der Waals surface area contributed by atoms with Crippen molar-refractivity contribution in [1.82, 2.24) is 15.6 Å². The Kier molecular flexibility index (Phi) is 7.25. The van der Waals surface area contributed by atoms with E-state index >= 15 is 0 Å². The Morgan fingerprint density at radius 2 is 2.08 bits per heavy atom. The van der Waals surface area contributed by atoms with Crippen molar-refractivity contribution >= 4 is 17.3 Å². The summed E-state index contributed by atoms with van der Waals surface area (Å²) < 4.78 is 5.45. The molecule has 1 aromatic carbocycles. The first kappa shape index (κ1) is 19.2. The summed E-state index contributed by atoms with van der Waals surface area (Å²) in [6.07, 6.45) is 1.90. The van der Waals surface area contributed by atoms with Crippen LogP contribution in [0.2, 0.25) is 0 Å². The zero-order valence-corrected chi connectivity index (χ0v) is 16.6. The third kappa shape index (κ3) is 5.46. The molecule has 0 spiro atoms. The lowest BCUT2D eigenvalue weighted by Gasteiger charge is -2.14. The Morgan fingerprint density at radius 3 is 2.72 bits per heavy atom. The molecule has 0 aliphatic rings. The molecule has 0 saturated heterocycles. The minimum atomic E-state index is 0.666. The highest BCUT2D eigenvalue weighted by molar-refractivity contribution is 7.11. The van der Waals surface area contributed by atoms with E-state index in [-0.39, 0.29) is 0 Å². The maximum Gasteiger partial charge on any atom is 0.191 e. The quantitative estimate of drug-likeness (QED) is 0.588. The molecule has 0 fully saturated rings. The van der Waals surface area contributed by atoms with Gasteiger partial charge in [-0.3, -0.25) is 4.99 Å². The fourth-order valence-electron chi connectivity index (χ4n) is 2.61. The van der Waals surface area contributed by atoms with Crippen LogP contribution in [-0.4, -0.2) is 31.6 Å². The number of rotatable bonds is 7. The Bertz CT molecular complexity index is 724. The first-order valence-electron chi connectivity index (χ1n) is 8.60. The predicted molar refractivity (Wildman–Crippen MR) is 106 cm³/mol. The van der Waals surface area contributed by atoms with Gasteiger partial charge in [0.05, 0.1) is 17.8 Å². The van der Waals surface area contributed by atoms with Crippen molar-refractivity contribution < 1.29 is 4.74 Å². The molecule has 0 bridgehead atoms. The summed E-state index contributed by atoms with van der Waals surface area (Å²) in [6, 6.07) is 6.22. The second kappa shape index (κ2) is 9.42. The highest BCUT2D eigenvalue weighted by Crippen LogP contribution is 2.20. The smallest absolute Gasteiger partial charge is 0.191 e. The van der Waals surface area contributed by atoms with Crippen LogP contribution in [-0.2, 0) is 19.4 Å². The Morgan fingerprint density at radius 1 is 1.28 bits per heavy atom. The standard InChI is InChI=1S/C19H28N4OS/c1-6-16-14(3)25-18(23-16)9-10-21-19(20-4)22-12-15-8-7-13(2)11-17(15)24-5/h7-8,11H,6,9-10,12H2,1-5H3,(H2,20,21,22). The average Bonchev–Trinajstić information content (AvgIpc) is 2.98. The van der Waals surface area contributed by atoms with Crippen LogP contribution in [0.1, 0.15) is 33.6 Å². The molecule has 2 rings (SSSR count). The molecular weight excluding hydrogens is 332 g/mol. The van der Waals surface area contributed by atoms with E-state index in [1.165, 1.54) is 21.1 Å². The molecule has 0 amide bonds. The van der Waals surface area contributed by atoms with Gasteiger partial charge < -0.3 is 15.4 Å². The number of aryl methyl sites for hydroxylation is 3. The third-order valence-corrected chi connectivity index (χ3v) is 5.09. The predicted octanol–water partition coefficient (Wildman–Crippen LogP) is 3.24. The van der Waals surface area contributed by atoms with Crippen LogP contribution in [0.25, 0.3) is 0 Å². The summed E-state index contributed by atoms with van der Waals surface area (Å²) in [5.41, 5.74) is 3.52. The lowest BCUT2D eigenvalue weighted by atomic mass is 10.1. The minimum Gasteiger partial charge on any atom is -0.496 e. The summed E-state index contributed by atoms with van der Waals surface area (Å²) in [7, 11) is 3.48. The lowest BCUT2D eigenvalue weighted by molar-refractivity contribution is 0.408. The number of ether oxygens (including phenoxy) is 1. The van der Waals surface area contributed by atoms with Crippen molar-refractivity contribution in [1.29, 1.82) is 0 Å². The molecule has 0 atom stereocenters. The van der Waals surface area contributed by atoms with Gasteiger partial charge in [0.1, 0.15) is 5.75 Å². The van der Waals surface area contributed by atoms with Gasteiger partial charge in [-0.05, 0) is 31.9 Å². The largest absolute Gasteiger partial charge is 0.496 e. The molecule has 0 radical (unpaired) electrons. The second-order valence-corrected chi connectivity index (χ2v) is 7.17. The van der Waals surface area contributed by atoms with E-state index in [1.807, 2.05) is 6.07 Å². The molecule has 6 heteroatoms. The van der Waals surface area contributed by atoms with Crippen LogP contribution < -0.4 is 15.4 Å². The van der Waals surface area contributed by atoms with E-state index < -0.39 is 0 Å². The van der Waals surface area contributed by atoms with Crippen LogP contribution in [0.15, 0.2) is 23.2 Å². The van der Waals surface area contributed by atoms with Gasteiger partial charge in [0.25, 0.3) is 0 Å². The van der Waals surface area contributed by atoms with Crippen LogP contribution in [0.5, 0.6) is 5.75 Å². The van der Waals surface area contributed by atoms with E-state index in [9.17, 15) is 0 Å². The molecule has 1 heterocycles. The van der Waals surface area contributed by atoms with Crippen LogP contribution in [0.3, 0.4) is 0 Å². The first-order valence-corrected chi connectivity index (χ1v) is 9.42. The zero-order valence-electron chi connectivity index (χ0n) is 15.8. The zero-order chi connectivity index (χ0) is 18.2. The maximum atomic E-state index is 5.45. The summed E-state index contributed by atoms with van der Waals surface area (Å²) >= 11 is 1.79. The molecule has 1 aromatic heterocycles. The SMILES string of the molecule is CCc1nc(CCNC(=NC)NCc2ccc(C)cc2OC)sc1C. The Labute approximate surface area is 154 Å². The minimum absolute atomic E-state index is 0.666.